The Bertz CT molecular complexity index is 472. The summed E-state index contributed by atoms with van der Waals surface area (Å²) in [6, 6.07) is 4.94. The third-order valence-electron chi connectivity index (χ3n) is 2.54. The molecule has 1 unspecified atom stereocenters. The number of hydrogen-bond donors (Lipinski definition) is 2. The van der Waals surface area contributed by atoms with Crippen molar-refractivity contribution in [3.8, 4) is 0 Å². The zero-order valence-corrected chi connectivity index (χ0v) is 12.0. The van der Waals surface area contributed by atoms with Gasteiger partial charge in [0.1, 0.15) is 0 Å². The Morgan fingerprint density at radius 3 is 2.68 bits per heavy atom. The normalized spacial score (nSPS) is 11.9. The van der Waals surface area contributed by atoms with Crippen molar-refractivity contribution >= 4 is 27.9 Å². The number of carbonyl (C=O) groups is 2. The van der Waals surface area contributed by atoms with Crippen LogP contribution in [0.1, 0.15) is 30.6 Å². The molecule has 0 aliphatic rings. The van der Waals surface area contributed by atoms with Gasteiger partial charge in [0.05, 0.1) is 6.61 Å². The van der Waals surface area contributed by atoms with Gasteiger partial charge >= 0.3 is 11.9 Å². The van der Waals surface area contributed by atoms with Gasteiger partial charge in [0, 0.05) is 16.5 Å². The number of carbonyl (C=O) groups excluding carboxylic acids is 1. The van der Waals surface area contributed by atoms with Crippen molar-refractivity contribution in [2.75, 3.05) is 6.61 Å². The Labute approximate surface area is 119 Å². The lowest BCUT2D eigenvalue weighted by Crippen LogP contribution is -2.12. The summed E-state index contributed by atoms with van der Waals surface area (Å²) in [6.07, 6.45) is -0.963. The Balaban J connectivity index is 2.83. The van der Waals surface area contributed by atoms with E-state index in [0.717, 1.165) is 5.56 Å². The molecule has 0 aliphatic heterocycles. The fourth-order valence-electron chi connectivity index (χ4n) is 1.61. The van der Waals surface area contributed by atoms with Gasteiger partial charge in [0.15, 0.2) is 6.10 Å². The molecule has 1 aromatic rings. The molecule has 0 saturated carbocycles. The van der Waals surface area contributed by atoms with E-state index in [1.165, 1.54) is 6.07 Å². The van der Waals surface area contributed by atoms with Crippen LogP contribution >= 0.6 is 15.9 Å². The van der Waals surface area contributed by atoms with Crippen LogP contribution in [0.2, 0.25) is 0 Å². The van der Waals surface area contributed by atoms with Crippen molar-refractivity contribution in [1.29, 1.82) is 0 Å². The molecule has 1 rings (SSSR count). The molecule has 5 nitrogen and oxygen atoms in total. The first kappa shape index (κ1) is 15.7. The third kappa shape index (κ3) is 4.33. The number of rotatable bonds is 6. The molecule has 0 aromatic heterocycles. The van der Waals surface area contributed by atoms with Gasteiger partial charge < -0.3 is 14.9 Å². The largest absolute Gasteiger partial charge is 0.479 e. The number of benzene rings is 1. The highest BCUT2D eigenvalue weighted by Gasteiger charge is 2.20. The molecular weight excluding hydrogens is 316 g/mol. The highest BCUT2D eigenvalue weighted by molar-refractivity contribution is 9.10. The average molecular weight is 331 g/mol. The van der Waals surface area contributed by atoms with Gasteiger partial charge in [-0.1, -0.05) is 34.1 Å². The van der Waals surface area contributed by atoms with E-state index in [4.69, 9.17) is 9.84 Å². The van der Waals surface area contributed by atoms with E-state index in [1.807, 2.05) is 0 Å². The van der Waals surface area contributed by atoms with Gasteiger partial charge in [0.2, 0.25) is 0 Å². The van der Waals surface area contributed by atoms with Gasteiger partial charge in [-0.2, -0.15) is 0 Å². The van der Waals surface area contributed by atoms with Crippen molar-refractivity contribution in [2.45, 2.75) is 25.9 Å². The van der Waals surface area contributed by atoms with Crippen LogP contribution in [0.3, 0.4) is 0 Å². The van der Waals surface area contributed by atoms with Crippen LogP contribution in [0.25, 0.3) is 0 Å². The molecule has 0 spiro atoms. The van der Waals surface area contributed by atoms with Crippen molar-refractivity contribution in [2.24, 2.45) is 0 Å². The summed E-state index contributed by atoms with van der Waals surface area (Å²) >= 11 is 3.26. The third-order valence-corrected chi connectivity index (χ3v) is 3.51. The fourth-order valence-corrected chi connectivity index (χ4v) is 2.29. The number of carboxylic acids is 1. The van der Waals surface area contributed by atoms with Gasteiger partial charge in [-0.15, -0.1) is 0 Å². The van der Waals surface area contributed by atoms with E-state index in [0.29, 0.717) is 17.5 Å². The van der Waals surface area contributed by atoms with Crippen LogP contribution in [0.5, 0.6) is 0 Å². The Morgan fingerprint density at radius 2 is 2.11 bits per heavy atom. The first-order valence-corrected chi connectivity index (χ1v) is 6.60. The number of ether oxygens (including phenoxy) is 1. The highest BCUT2D eigenvalue weighted by Crippen LogP contribution is 2.28. The SMILES string of the molecule is CCOC(=O)CCc1cccc(C(O)C(=O)O)c1Br. The number of halogens is 1. The summed E-state index contributed by atoms with van der Waals surface area (Å²) in [5.41, 5.74) is 1.03. The zero-order valence-electron chi connectivity index (χ0n) is 10.4. The van der Waals surface area contributed by atoms with Crippen LogP contribution in [0.15, 0.2) is 22.7 Å². The monoisotopic (exact) mass is 330 g/mol. The van der Waals surface area contributed by atoms with Crippen LogP contribution in [0.4, 0.5) is 0 Å². The summed E-state index contributed by atoms with van der Waals surface area (Å²) in [4.78, 5) is 22.0. The van der Waals surface area contributed by atoms with Gasteiger partial charge in [-0.05, 0) is 18.9 Å². The van der Waals surface area contributed by atoms with E-state index < -0.39 is 12.1 Å². The number of esters is 1. The lowest BCUT2D eigenvalue weighted by molar-refractivity contribution is -0.147. The number of aliphatic carboxylic acids is 1. The van der Waals surface area contributed by atoms with Crippen molar-refractivity contribution in [3.63, 3.8) is 0 Å². The van der Waals surface area contributed by atoms with E-state index in [-0.39, 0.29) is 18.0 Å². The summed E-state index contributed by atoms with van der Waals surface area (Å²) in [5.74, 6) is -1.62. The van der Waals surface area contributed by atoms with Crippen molar-refractivity contribution in [1.82, 2.24) is 0 Å². The minimum absolute atomic E-state index is 0.207. The van der Waals surface area contributed by atoms with Crippen molar-refractivity contribution in [3.05, 3.63) is 33.8 Å². The first-order valence-electron chi connectivity index (χ1n) is 5.81. The molecule has 0 bridgehead atoms. The topological polar surface area (TPSA) is 83.8 Å². The summed E-state index contributed by atoms with van der Waals surface area (Å²) in [5, 5.41) is 18.3. The molecule has 6 heteroatoms. The van der Waals surface area contributed by atoms with E-state index >= 15 is 0 Å². The quantitative estimate of drug-likeness (QED) is 0.780. The lowest BCUT2D eigenvalue weighted by atomic mass is 10.0. The maximum absolute atomic E-state index is 11.3. The molecule has 0 saturated heterocycles. The van der Waals surface area contributed by atoms with E-state index in [1.54, 1.807) is 19.1 Å². The number of aliphatic hydroxyl groups excluding tert-OH is 1. The molecular formula is C13H15BrO5. The molecule has 0 radical (unpaired) electrons. The zero-order chi connectivity index (χ0) is 14.4. The molecule has 0 fully saturated rings. The molecule has 0 amide bonds. The maximum Gasteiger partial charge on any atom is 0.337 e. The maximum atomic E-state index is 11.3. The number of hydrogen-bond acceptors (Lipinski definition) is 4. The predicted octanol–water partition coefficient (Wildman–Crippen LogP) is 2.06. The molecule has 104 valence electrons. The summed E-state index contributed by atoms with van der Waals surface area (Å²) in [7, 11) is 0. The minimum atomic E-state index is -1.59. The minimum Gasteiger partial charge on any atom is -0.479 e. The Kier molecular flexibility index (Phi) is 5.98. The number of aliphatic hydroxyl groups is 1. The standard InChI is InChI=1S/C13H15BrO5/c1-2-19-10(15)7-6-8-4-3-5-9(11(8)14)12(16)13(17)18/h3-5,12,16H,2,6-7H2,1H3,(H,17,18). The lowest BCUT2D eigenvalue weighted by Gasteiger charge is -2.12. The van der Waals surface area contributed by atoms with E-state index in [2.05, 4.69) is 15.9 Å². The molecule has 1 atom stereocenters. The smallest absolute Gasteiger partial charge is 0.337 e. The van der Waals surface area contributed by atoms with Crippen LogP contribution in [-0.4, -0.2) is 28.8 Å². The highest BCUT2D eigenvalue weighted by atomic mass is 79.9. The van der Waals surface area contributed by atoms with Gasteiger partial charge in [-0.3, -0.25) is 4.79 Å². The predicted molar refractivity (Wildman–Crippen MR) is 71.7 cm³/mol. The van der Waals surface area contributed by atoms with Crippen LogP contribution < -0.4 is 0 Å². The second kappa shape index (κ2) is 7.25. The van der Waals surface area contributed by atoms with Crippen LogP contribution in [-0.2, 0) is 20.7 Å². The first-order chi connectivity index (χ1) is 8.97. The van der Waals surface area contributed by atoms with Crippen LogP contribution in [0, 0.1) is 0 Å². The van der Waals surface area contributed by atoms with Gasteiger partial charge in [-0.25, -0.2) is 4.79 Å². The van der Waals surface area contributed by atoms with Crippen molar-refractivity contribution < 1.29 is 24.5 Å². The number of aryl methyl sites for hydroxylation is 1. The average Bonchev–Trinajstić information content (AvgIpc) is 2.37. The molecule has 1 aromatic carbocycles. The molecule has 2 N–H and O–H groups in total. The molecule has 0 aliphatic carbocycles. The second-order valence-corrected chi connectivity index (χ2v) is 4.66. The molecule has 19 heavy (non-hydrogen) atoms. The van der Waals surface area contributed by atoms with E-state index in [9.17, 15) is 14.7 Å². The number of carboxylic acid groups (broad SMARTS) is 1. The second-order valence-electron chi connectivity index (χ2n) is 3.87. The Hall–Kier alpha value is -1.40. The molecule has 0 heterocycles. The summed E-state index contributed by atoms with van der Waals surface area (Å²) in [6.45, 7) is 2.06. The fraction of sp³-hybridized carbons (Fsp3) is 0.385. The van der Waals surface area contributed by atoms with Gasteiger partial charge in [0.25, 0.3) is 0 Å². The Morgan fingerprint density at radius 1 is 1.42 bits per heavy atom. The summed E-state index contributed by atoms with van der Waals surface area (Å²) < 4.78 is 5.33.